The molecule has 3 amide bonds. The number of esters is 1. The molecule has 9 heteroatoms. The Morgan fingerprint density at radius 1 is 1.38 bits per heavy atom. The summed E-state index contributed by atoms with van der Waals surface area (Å²) in [6, 6.07) is 2.85. The maximum absolute atomic E-state index is 13.1. The molecule has 3 N–H and O–H groups in total. The number of benzene rings is 1. The van der Waals surface area contributed by atoms with E-state index in [2.05, 4.69) is 0 Å². The minimum Gasteiger partial charge on any atom is -0.451 e. The van der Waals surface area contributed by atoms with Crippen LogP contribution in [-0.4, -0.2) is 24.5 Å². The largest absolute Gasteiger partial charge is 0.451 e. The van der Waals surface area contributed by atoms with Crippen molar-refractivity contribution in [3.8, 4) is 0 Å². The average molecular weight is 331 g/mol. The van der Waals surface area contributed by atoms with Crippen LogP contribution in [0, 0.1) is 5.82 Å². The number of nitrogens with two attached hydrogens (primary N) is 1. The molecule has 2 aromatic rings. The summed E-state index contributed by atoms with van der Waals surface area (Å²) in [6.07, 6.45) is 0. The zero-order valence-corrected chi connectivity index (χ0v) is 11.9. The molecule has 0 atom stereocenters. The third-order valence-corrected chi connectivity index (χ3v) is 4.01. The fourth-order valence-corrected chi connectivity index (χ4v) is 2.97. The normalized spacial score (nSPS) is 10.4. The molecule has 0 fully saturated rings. The van der Waals surface area contributed by atoms with E-state index in [0.29, 0.717) is 10.1 Å². The molecule has 0 unspecified atom stereocenters. The van der Waals surface area contributed by atoms with E-state index < -0.39 is 30.3 Å². The van der Waals surface area contributed by atoms with E-state index in [4.69, 9.17) is 22.1 Å². The molecule has 110 valence electrons. The van der Waals surface area contributed by atoms with Gasteiger partial charge >= 0.3 is 12.0 Å². The lowest BCUT2D eigenvalue weighted by Crippen LogP contribution is -2.37. The summed E-state index contributed by atoms with van der Waals surface area (Å²) in [4.78, 5) is 33.4. The van der Waals surface area contributed by atoms with Crippen molar-refractivity contribution in [2.45, 2.75) is 0 Å². The van der Waals surface area contributed by atoms with Crippen LogP contribution in [0.4, 0.5) is 9.18 Å². The highest BCUT2D eigenvalue weighted by molar-refractivity contribution is 7.21. The number of carbonyl (C=O) groups is 3. The summed E-state index contributed by atoms with van der Waals surface area (Å²) in [7, 11) is 0. The molecule has 6 nitrogen and oxygen atoms in total. The molecule has 1 aromatic heterocycles. The molecule has 0 saturated carbocycles. The number of halogens is 2. The van der Waals surface area contributed by atoms with E-state index in [-0.39, 0.29) is 9.90 Å². The number of rotatable bonds is 3. The topological polar surface area (TPSA) is 98.5 Å². The predicted octanol–water partition coefficient (Wildman–Crippen LogP) is 2.05. The number of ether oxygens (including phenoxy) is 1. The summed E-state index contributed by atoms with van der Waals surface area (Å²) in [5.41, 5.74) is 4.73. The smallest absolute Gasteiger partial charge is 0.350 e. The molecule has 0 saturated heterocycles. The van der Waals surface area contributed by atoms with Gasteiger partial charge < -0.3 is 10.5 Å². The van der Waals surface area contributed by atoms with Gasteiger partial charge in [-0.05, 0) is 18.2 Å². The van der Waals surface area contributed by atoms with Gasteiger partial charge in [-0.25, -0.2) is 14.0 Å². The second kappa shape index (κ2) is 6.06. The first kappa shape index (κ1) is 15.2. The fourth-order valence-electron chi connectivity index (χ4n) is 1.54. The molecular formula is C12H8ClFN2O4S. The second-order valence-electron chi connectivity index (χ2n) is 3.87. The maximum Gasteiger partial charge on any atom is 0.350 e. The second-order valence-corrected chi connectivity index (χ2v) is 5.30. The zero-order chi connectivity index (χ0) is 15.6. The quantitative estimate of drug-likeness (QED) is 0.841. The minimum atomic E-state index is -1.05. The van der Waals surface area contributed by atoms with Gasteiger partial charge in [-0.2, -0.15) is 0 Å². The first-order valence-electron chi connectivity index (χ1n) is 5.52. The van der Waals surface area contributed by atoms with Gasteiger partial charge in [0.25, 0.3) is 5.91 Å². The minimum absolute atomic E-state index is 0.0455. The van der Waals surface area contributed by atoms with Crippen molar-refractivity contribution >= 4 is 50.9 Å². The number of thiophene rings is 1. The Morgan fingerprint density at radius 3 is 2.76 bits per heavy atom. The SMILES string of the molecule is NC(=O)NC(=O)COC(=O)c1sc2cc(F)ccc2c1Cl. The van der Waals surface area contributed by atoms with Gasteiger partial charge in [-0.3, -0.25) is 10.1 Å². The Morgan fingerprint density at radius 2 is 2.10 bits per heavy atom. The number of primary amides is 1. The van der Waals surface area contributed by atoms with Gasteiger partial charge in [-0.1, -0.05) is 11.6 Å². The lowest BCUT2D eigenvalue weighted by Gasteiger charge is -2.02. The van der Waals surface area contributed by atoms with Crippen LogP contribution < -0.4 is 11.1 Å². The van der Waals surface area contributed by atoms with Gasteiger partial charge in [-0.15, -0.1) is 11.3 Å². The molecule has 21 heavy (non-hydrogen) atoms. The van der Waals surface area contributed by atoms with E-state index in [1.807, 2.05) is 0 Å². The molecule has 0 aliphatic heterocycles. The Labute approximate surface area is 126 Å². The number of urea groups is 1. The highest BCUT2D eigenvalue weighted by Crippen LogP contribution is 2.36. The van der Waals surface area contributed by atoms with Crippen molar-refractivity contribution in [1.82, 2.24) is 5.32 Å². The van der Waals surface area contributed by atoms with Crippen LogP contribution in [0.25, 0.3) is 10.1 Å². The Hall–Kier alpha value is -2.19. The van der Waals surface area contributed by atoms with Crippen LogP contribution in [0.2, 0.25) is 5.02 Å². The molecule has 0 spiro atoms. The van der Waals surface area contributed by atoms with Crippen LogP contribution in [0.5, 0.6) is 0 Å². The summed E-state index contributed by atoms with van der Waals surface area (Å²) < 4.78 is 18.3. The van der Waals surface area contributed by atoms with Crippen LogP contribution in [0.3, 0.4) is 0 Å². The Balaban J connectivity index is 2.14. The van der Waals surface area contributed by atoms with Gasteiger partial charge in [0.05, 0.1) is 5.02 Å². The molecule has 0 bridgehead atoms. The lowest BCUT2D eigenvalue weighted by molar-refractivity contribution is -0.123. The highest BCUT2D eigenvalue weighted by atomic mass is 35.5. The number of amides is 3. The van der Waals surface area contributed by atoms with E-state index in [1.54, 1.807) is 5.32 Å². The number of nitrogens with one attached hydrogen (secondary N) is 1. The van der Waals surface area contributed by atoms with Gasteiger partial charge in [0.1, 0.15) is 10.7 Å². The number of imide groups is 1. The standard InChI is InChI=1S/C12H8ClFN2O4S/c13-9-6-2-1-5(14)3-7(6)21-10(9)11(18)20-4-8(17)16-12(15)19/h1-3H,4H2,(H3,15,16,17,19). The first-order valence-corrected chi connectivity index (χ1v) is 6.72. The molecule has 2 rings (SSSR count). The molecule has 1 heterocycles. The van der Waals surface area contributed by atoms with Gasteiger partial charge in [0.15, 0.2) is 6.61 Å². The van der Waals surface area contributed by atoms with Crippen molar-refractivity contribution in [3.05, 3.63) is 33.9 Å². The highest BCUT2D eigenvalue weighted by Gasteiger charge is 2.20. The van der Waals surface area contributed by atoms with E-state index >= 15 is 0 Å². The summed E-state index contributed by atoms with van der Waals surface area (Å²) in [6.45, 7) is -0.680. The molecule has 1 aromatic carbocycles. The molecule has 0 radical (unpaired) electrons. The van der Waals surface area contributed by atoms with Gasteiger partial charge in [0.2, 0.25) is 0 Å². The van der Waals surface area contributed by atoms with Crippen LogP contribution in [0.1, 0.15) is 9.67 Å². The fraction of sp³-hybridized carbons (Fsp3) is 0.0833. The average Bonchev–Trinajstić information content (AvgIpc) is 2.72. The van der Waals surface area contributed by atoms with E-state index in [9.17, 15) is 18.8 Å². The lowest BCUT2D eigenvalue weighted by atomic mass is 10.2. The summed E-state index contributed by atoms with van der Waals surface area (Å²) >= 11 is 6.96. The molecule has 0 aliphatic rings. The Bertz CT molecular complexity index is 746. The van der Waals surface area contributed by atoms with Crippen LogP contribution in [-0.2, 0) is 9.53 Å². The first-order chi connectivity index (χ1) is 9.88. The summed E-state index contributed by atoms with van der Waals surface area (Å²) in [5, 5.41) is 2.37. The molecule has 0 aliphatic carbocycles. The van der Waals surface area contributed by atoms with Crippen molar-refractivity contribution in [2.75, 3.05) is 6.61 Å². The molecular weight excluding hydrogens is 323 g/mol. The maximum atomic E-state index is 13.1. The number of hydrogen-bond acceptors (Lipinski definition) is 5. The summed E-state index contributed by atoms with van der Waals surface area (Å²) in [5.74, 6) is -2.17. The number of carbonyl (C=O) groups excluding carboxylic acids is 3. The Kier molecular flexibility index (Phi) is 4.39. The van der Waals surface area contributed by atoms with Crippen molar-refractivity contribution in [1.29, 1.82) is 0 Å². The van der Waals surface area contributed by atoms with Crippen LogP contribution in [0.15, 0.2) is 18.2 Å². The predicted molar refractivity (Wildman–Crippen MR) is 74.8 cm³/mol. The van der Waals surface area contributed by atoms with E-state index in [1.165, 1.54) is 18.2 Å². The third-order valence-electron chi connectivity index (χ3n) is 2.37. The van der Waals surface area contributed by atoms with Crippen molar-refractivity contribution < 1.29 is 23.5 Å². The van der Waals surface area contributed by atoms with Crippen molar-refractivity contribution in [2.24, 2.45) is 5.73 Å². The number of hydrogen-bond donors (Lipinski definition) is 2. The van der Waals surface area contributed by atoms with Crippen LogP contribution >= 0.6 is 22.9 Å². The number of fused-ring (bicyclic) bond motifs is 1. The van der Waals surface area contributed by atoms with Crippen molar-refractivity contribution in [3.63, 3.8) is 0 Å². The monoisotopic (exact) mass is 330 g/mol. The van der Waals surface area contributed by atoms with E-state index in [0.717, 1.165) is 11.3 Å². The van der Waals surface area contributed by atoms with Gasteiger partial charge in [0, 0.05) is 10.1 Å². The third kappa shape index (κ3) is 3.47. The zero-order valence-electron chi connectivity index (χ0n) is 10.3.